The first-order valence-electron chi connectivity index (χ1n) is 6.37. The highest BCUT2D eigenvalue weighted by atomic mass is 16.5. The summed E-state index contributed by atoms with van der Waals surface area (Å²) in [6, 6.07) is 0. The molecular formula is C12H23N5O2. The van der Waals surface area contributed by atoms with Gasteiger partial charge in [-0.15, -0.1) is 0 Å². The first kappa shape index (κ1) is 15.5. The van der Waals surface area contributed by atoms with E-state index in [1.165, 1.54) is 0 Å². The van der Waals surface area contributed by atoms with Gasteiger partial charge in [-0.05, 0) is 14.0 Å². The summed E-state index contributed by atoms with van der Waals surface area (Å²) in [5, 5.41) is 6.93. The molecule has 0 saturated heterocycles. The van der Waals surface area contributed by atoms with Crippen molar-refractivity contribution >= 4 is 11.6 Å². The molecule has 1 rings (SSSR count). The third-order valence-corrected chi connectivity index (χ3v) is 2.79. The maximum atomic E-state index is 11.9. The molecule has 0 bridgehead atoms. The lowest BCUT2D eigenvalue weighted by atomic mass is 10.3. The van der Waals surface area contributed by atoms with Gasteiger partial charge in [0.1, 0.15) is 0 Å². The van der Waals surface area contributed by atoms with Crippen LogP contribution in [0.5, 0.6) is 0 Å². The van der Waals surface area contributed by atoms with Crippen LogP contribution in [0.15, 0.2) is 6.20 Å². The second-order valence-corrected chi connectivity index (χ2v) is 4.34. The van der Waals surface area contributed by atoms with Crippen LogP contribution in [0.4, 0.5) is 5.69 Å². The van der Waals surface area contributed by atoms with E-state index in [0.29, 0.717) is 31.1 Å². The molecule has 0 radical (unpaired) electrons. The Morgan fingerprint density at radius 1 is 1.58 bits per heavy atom. The summed E-state index contributed by atoms with van der Waals surface area (Å²) in [5.74, 6) is -0.232. The van der Waals surface area contributed by atoms with E-state index in [1.807, 2.05) is 14.0 Å². The Morgan fingerprint density at radius 3 is 2.89 bits per heavy atom. The minimum Gasteiger partial charge on any atom is -0.396 e. The Balaban J connectivity index is 2.36. The number of anilines is 1. The van der Waals surface area contributed by atoms with Crippen LogP contribution in [0.3, 0.4) is 0 Å². The number of carbonyl (C=O) groups is 1. The Labute approximate surface area is 113 Å². The van der Waals surface area contributed by atoms with Gasteiger partial charge in [0.2, 0.25) is 0 Å². The fourth-order valence-electron chi connectivity index (χ4n) is 1.58. The number of aryl methyl sites for hydroxylation is 1. The van der Waals surface area contributed by atoms with Crippen LogP contribution in [0, 0.1) is 0 Å². The molecule has 7 nitrogen and oxygen atoms in total. The van der Waals surface area contributed by atoms with Gasteiger partial charge in [0, 0.05) is 39.5 Å². The molecule has 0 aliphatic rings. The Kier molecular flexibility index (Phi) is 6.31. The number of hydrogen-bond acceptors (Lipinski definition) is 5. The maximum Gasteiger partial charge on any atom is 0.273 e. The van der Waals surface area contributed by atoms with Crippen molar-refractivity contribution in [2.45, 2.75) is 13.5 Å². The first-order valence-corrected chi connectivity index (χ1v) is 6.37. The van der Waals surface area contributed by atoms with Gasteiger partial charge in [-0.3, -0.25) is 9.48 Å². The molecule has 7 heteroatoms. The number of hydrogen-bond donors (Lipinski definition) is 2. The van der Waals surface area contributed by atoms with Crippen molar-refractivity contribution in [1.29, 1.82) is 0 Å². The lowest BCUT2D eigenvalue weighted by molar-refractivity contribution is 0.0942. The van der Waals surface area contributed by atoms with Crippen LogP contribution in [0.25, 0.3) is 0 Å². The molecule has 0 aromatic carbocycles. The quantitative estimate of drug-likeness (QED) is 0.682. The van der Waals surface area contributed by atoms with Crippen LogP contribution >= 0.6 is 0 Å². The number of likely N-dealkylation sites (N-methyl/N-ethyl adjacent to an activating group) is 1. The van der Waals surface area contributed by atoms with Crippen LogP contribution < -0.4 is 11.1 Å². The minimum atomic E-state index is -0.232. The number of nitrogens with one attached hydrogen (secondary N) is 1. The molecule has 0 fully saturated rings. The molecule has 0 aliphatic carbocycles. The molecule has 0 atom stereocenters. The largest absolute Gasteiger partial charge is 0.396 e. The molecule has 0 spiro atoms. The molecule has 1 amide bonds. The van der Waals surface area contributed by atoms with Gasteiger partial charge < -0.3 is 20.7 Å². The predicted molar refractivity (Wildman–Crippen MR) is 74.0 cm³/mol. The molecule has 1 aromatic heterocycles. The second-order valence-electron chi connectivity index (χ2n) is 4.34. The Hall–Kier alpha value is -1.60. The van der Waals surface area contributed by atoms with Gasteiger partial charge in [0.25, 0.3) is 5.91 Å². The molecule has 3 N–H and O–H groups in total. The summed E-state index contributed by atoms with van der Waals surface area (Å²) in [6.45, 7) is 5.45. The van der Waals surface area contributed by atoms with E-state index in [-0.39, 0.29) is 5.91 Å². The molecule has 0 saturated carbocycles. The number of amides is 1. The zero-order valence-corrected chi connectivity index (χ0v) is 11.8. The average Bonchev–Trinajstić information content (AvgIpc) is 2.77. The highest BCUT2D eigenvalue weighted by Gasteiger charge is 2.13. The van der Waals surface area contributed by atoms with Crippen molar-refractivity contribution in [3.05, 3.63) is 11.9 Å². The second kappa shape index (κ2) is 7.75. The van der Waals surface area contributed by atoms with Crippen molar-refractivity contribution < 1.29 is 9.53 Å². The van der Waals surface area contributed by atoms with Crippen molar-refractivity contribution in [3.63, 3.8) is 0 Å². The Bertz CT molecular complexity index is 405. The van der Waals surface area contributed by atoms with Crippen LogP contribution in [-0.4, -0.2) is 61.0 Å². The predicted octanol–water partition coefficient (Wildman–Crippen LogP) is -0.207. The van der Waals surface area contributed by atoms with E-state index in [0.717, 1.165) is 13.1 Å². The summed E-state index contributed by atoms with van der Waals surface area (Å²) < 4.78 is 6.63. The van der Waals surface area contributed by atoms with Crippen LogP contribution in [0.2, 0.25) is 0 Å². The third-order valence-electron chi connectivity index (χ3n) is 2.79. The van der Waals surface area contributed by atoms with Gasteiger partial charge in [0.15, 0.2) is 5.69 Å². The highest BCUT2D eigenvalue weighted by molar-refractivity contribution is 5.96. The highest BCUT2D eigenvalue weighted by Crippen LogP contribution is 2.08. The fourth-order valence-corrected chi connectivity index (χ4v) is 1.58. The van der Waals surface area contributed by atoms with Crippen molar-refractivity contribution in [2.24, 2.45) is 0 Å². The van der Waals surface area contributed by atoms with E-state index in [1.54, 1.807) is 18.0 Å². The smallest absolute Gasteiger partial charge is 0.273 e. The number of carbonyl (C=O) groups excluding carboxylic acids is 1. The molecule has 0 unspecified atom stereocenters. The fraction of sp³-hybridized carbons (Fsp3) is 0.667. The molecule has 19 heavy (non-hydrogen) atoms. The van der Waals surface area contributed by atoms with Crippen LogP contribution in [-0.2, 0) is 11.3 Å². The molecular weight excluding hydrogens is 246 g/mol. The standard InChI is InChI=1S/C12H23N5O2/c1-4-17-9-10(13)11(15-17)12(18)14-5-6-16(2)7-8-19-3/h9H,4-8,13H2,1-3H3,(H,14,18). The van der Waals surface area contributed by atoms with E-state index in [4.69, 9.17) is 10.5 Å². The minimum absolute atomic E-state index is 0.232. The summed E-state index contributed by atoms with van der Waals surface area (Å²) in [4.78, 5) is 14.0. The summed E-state index contributed by atoms with van der Waals surface area (Å²) >= 11 is 0. The third kappa shape index (κ3) is 4.88. The normalized spacial score (nSPS) is 10.9. The number of nitrogen functional groups attached to an aromatic ring is 1. The first-order chi connectivity index (χ1) is 9.08. The number of rotatable bonds is 8. The average molecular weight is 269 g/mol. The SMILES string of the molecule is CCn1cc(N)c(C(=O)NCCN(C)CCOC)n1. The van der Waals surface area contributed by atoms with Gasteiger partial charge in [-0.2, -0.15) is 5.10 Å². The van der Waals surface area contributed by atoms with Crippen LogP contribution in [0.1, 0.15) is 17.4 Å². The lowest BCUT2D eigenvalue weighted by Gasteiger charge is -2.15. The summed E-state index contributed by atoms with van der Waals surface area (Å²) in [5.41, 5.74) is 6.45. The zero-order chi connectivity index (χ0) is 14.3. The van der Waals surface area contributed by atoms with Gasteiger partial charge in [-0.1, -0.05) is 0 Å². The van der Waals surface area contributed by atoms with Gasteiger partial charge in [-0.25, -0.2) is 0 Å². The number of nitrogens with two attached hydrogens (primary N) is 1. The van der Waals surface area contributed by atoms with E-state index in [9.17, 15) is 4.79 Å². The zero-order valence-electron chi connectivity index (χ0n) is 11.8. The monoisotopic (exact) mass is 269 g/mol. The molecule has 1 aromatic rings. The van der Waals surface area contributed by atoms with Crippen molar-refractivity contribution in [1.82, 2.24) is 20.0 Å². The maximum absolute atomic E-state index is 11.9. The summed E-state index contributed by atoms with van der Waals surface area (Å²) in [7, 11) is 3.65. The van der Waals surface area contributed by atoms with E-state index < -0.39 is 0 Å². The topological polar surface area (TPSA) is 85.4 Å². The number of ether oxygens (including phenoxy) is 1. The number of methoxy groups -OCH3 is 1. The summed E-state index contributed by atoms with van der Waals surface area (Å²) in [6.07, 6.45) is 1.67. The van der Waals surface area contributed by atoms with Gasteiger partial charge in [0.05, 0.1) is 12.3 Å². The Morgan fingerprint density at radius 2 is 2.32 bits per heavy atom. The van der Waals surface area contributed by atoms with Gasteiger partial charge >= 0.3 is 0 Å². The molecule has 108 valence electrons. The number of aromatic nitrogens is 2. The van der Waals surface area contributed by atoms with Crippen molar-refractivity contribution in [2.75, 3.05) is 46.1 Å². The number of nitrogens with zero attached hydrogens (tertiary/aromatic N) is 3. The molecule has 1 heterocycles. The van der Waals surface area contributed by atoms with Crippen molar-refractivity contribution in [3.8, 4) is 0 Å². The van der Waals surface area contributed by atoms with E-state index in [2.05, 4.69) is 15.3 Å². The lowest BCUT2D eigenvalue weighted by Crippen LogP contribution is -2.34. The molecule has 0 aliphatic heterocycles. The van der Waals surface area contributed by atoms with E-state index >= 15 is 0 Å².